The van der Waals surface area contributed by atoms with Crippen LogP contribution in [-0.4, -0.2) is 11.8 Å². The Balaban J connectivity index is 1.45. The Morgan fingerprint density at radius 1 is 0.688 bits per heavy atom. The molecule has 156 valence electrons. The molecule has 4 aromatic carbocycles. The first-order chi connectivity index (χ1) is 15.6. The predicted octanol–water partition coefficient (Wildman–Crippen LogP) is 6.04. The van der Waals surface area contributed by atoms with Gasteiger partial charge < -0.3 is 4.74 Å². The van der Waals surface area contributed by atoms with Gasteiger partial charge in [-0.15, -0.1) is 0 Å². The third kappa shape index (κ3) is 3.46. The molecule has 0 unspecified atom stereocenters. The van der Waals surface area contributed by atoms with Crippen LogP contribution in [0.5, 0.6) is 5.75 Å². The minimum absolute atomic E-state index is 0.312. The SMILES string of the molecule is Cc1c(-c2ccccc2)cccc1N1C(=O)c2ccc(OCc3ccccc3)cc2C1=O. The maximum atomic E-state index is 13.3. The molecule has 0 fully saturated rings. The predicted molar refractivity (Wildman–Crippen MR) is 125 cm³/mol. The Morgan fingerprint density at radius 2 is 1.38 bits per heavy atom. The number of amides is 2. The Kier molecular flexibility index (Phi) is 5.04. The molecule has 0 N–H and O–H groups in total. The second-order valence-electron chi connectivity index (χ2n) is 7.74. The van der Waals surface area contributed by atoms with Gasteiger partial charge in [0.15, 0.2) is 0 Å². The second-order valence-corrected chi connectivity index (χ2v) is 7.74. The topological polar surface area (TPSA) is 46.6 Å². The van der Waals surface area contributed by atoms with Crippen molar-refractivity contribution in [2.45, 2.75) is 13.5 Å². The monoisotopic (exact) mass is 419 g/mol. The number of hydrogen-bond donors (Lipinski definition) is 0. The summed E-state index contributed by atoms with van der Waals surface area (Å²) in [6.07, 6.45) is 0. The van der Waals surface area contributed by atoms with E-state index in [0.717, 1.165) is 22.3 Å². The Labute approximate surface area is 186 Å². The number of carbonyl (C=O) groups excluding carboxylic acids is 2. The first kappa shape index (κ1) is 19.8. The van der Waals surface area contributed by atoms with E-state index in [1.807, 2.05) is 85.8 Å². The third-order valence-electron chi connectivity index (χ3n) is 5.74. The first-order valence-electron chi connectivity index (χ1n) is 10.5. The number of rotatable bonds is 5. The smallest absolute Gasteiger partial charge is 0.266 e. The van der Waals surface area contributed by atoms with E-state index in [1.165, 1.54) is 4.90 Å². The van der Waals surface area contributed by atoms with E-state index in [1.54, 1.807) is 18.2 Å². The Hall–Kier alpha value is -4.18. The standard InChI is InChI=1S/C28H21NO3/c1-19-23(21-11-6-3-7-12-21)13-8-14-26(19)29-27(30)24-16-15-22(17-25(24)28(29)31)32-18-20-9-4-2-5-10-20/h2-17H,18H2,1H3. The lowest BCUT2D eigenvalue weighted by Gasteiger charge is -2.19. The summed E-state index contributed by atoms with van der Waals surface area (Å²) >= 11 is 0. The molecule has 4 heteroatoms. The van der Waals surface area contributed by atoms with Crippen molar-refractivity contribution in [2.24, 2.45) is 0 Å². The van der Waals surface area contributed by atoms with Crippen LogP contribution in [0.25, 0.3) is 11.1 Å². The van der Waals surface area contributed by atoms with Crippen LogP contribution in [0.3, 0.4) is 0 Å². The number of benzene rings is 4. The van der Waals surface area contributed by atoms with Gasteiger partial charge in [-0.25, -0.2) is 4.90 Å². The lowest BCUT2D eigenvalue weighted by molar-refractivity contribution is 0.0926. The molecule has 1 heterocycles. The molecule has 0 saturated heterocycles. The van der Waals surface area contributed by atoms with Gasteiger partial charge in [0.25, 0.3) is 11.8 Å². The Morgan fingerprint density at radius 3 is 2.12 bits per heavy atom. The van der Waals surface area contributed by atoms with Gasteiger partial charge in [-0.05, 0) is 53.4 Å². The Bertz CT molecular complexity index is 1310. The van der Waals surface area contributed by atoms with Gasteiger partial charge in [0.1, 0.15) is 12.4 Å². The molecule has 0 spiro atoms. The normalized spacial score (nSPS) is 12.7. The van der Waals surface area contributed by atoms with E-state index in [-0.39, 0.29) is 11.8 Å². The van der Waals surface area contributed by atoms with Gasteiger partial charge >= 0.3 is 0 Å². The molecule has 0 aliphatic carbocycles. The highest BCUT2D eigenvalue weighted by Crippen LogP contribution is 2.36. The number of nitrogens with zero attached hydrogens (tertiary/aromatic N) is 1. The van der Waals surface area contributed by atoms with Crippen molar-refractivity contribution in [1.82, 2.24) is 0 Å². The molecular weight excluding hydrogens is 398 g/mol. The summed E-state index contributed by atoms with van der Waals surface area (Å²) in [5.41, 5.74) is 5.31. The summed E-state index contributed by atoms with van der Waals surface area (Å²) in [6, 6.07) is 30.5. The fourth-order valence-corrected chi connectivity index (χ4v) is 4.07. The van der Waals surface area contributed by atoms with Gasteiger partial charge in [-0.1, -0.05) is 72.8 Å². The van der Waals surface area contributed by atoms with Crippen molar-refractivity contribution in [1.29, 1.82) is 0 Å². The molecule has 0 saturated carbocycles. The number of ether oxygens (including phenoxy) is 1. The lowest BCUT2D eigenvalue weighted by atomic mass is 9.99. The first-order valence-corrected chi connectivity index (χ1v) is 10.5. The van der Waals surface area contributed by atoms with Crippen molar-refractivity contribution in [3.63, 3.8) is 0 Å². The van der Waals surface area contributed by atoms with E-state index in [2.05, 4.69) is 0 Å². The highest BCUT2D eigenvalue weighted by Gasteiger charge is 2.38. The van der Waals surface area contributed by atoms with Crippen LogP contribution in [-0.2, 0) is 6.61 Å². The van der Waals surface area contributed by atoms with Gasteiger partial charge in [0.05, 0.1) is 16.8 Å². The van der Waals surface area contributed by atoms with Crippen LogP contribution < -0.4 is 9.64 Å². The van der Waals surface area contributed by atoms with Crippen LogP contribution in [0, 0.1) is 6.92 Å². The summed E-state index contributed by atoms with van der Waals surface area (Å²) in [7, 11) is 0. The number of hydrogen-bond acceptors (Lipinski definition) is 3. The molecule has 32 heavy (non-hydrogen) atoms. The van der Waals surface area contributed by atoms with Gasteiger partial charge in [0, 0.05) is 0 Å². The summed E-state index contributed by atoms with van der Waals surface area (Å²) in [5.74, 6) is -0.0817. The molecule has 1 aliphatic rings. The van der Waals surface area contributed by atoms with Crippen molar-refractivity contribution < 1.29 is 14.3 Å². The fraction of sp³-hybridized carbons (Fsp3) is 0.0714. The summed E-state index contributed by atoms with van der Waals surface area (Å²) in [6.45, 7) is 2.33. The number of carbonyl (C=O) groups is 2. The largest absolute Gasteiger partial charge is 0.489 e. The van der Waals surface area contributed by atoms with Crippen molar-refractivity contribution in [3.05, 3.63) is 119 Å². The molecule has 4 nitrogen and oxygen atoms in total. The zero-order valence-corrected chi connectivity index (χ0v) is 17.6. The molecule has 0 radical (unpaired) electrons. The summed E-state index contributed by atoms with van der Waals surface area (Å²) in [5, 5.41) is 0. The number of fused-ring (bicyclic) bond motifs is 1. The number of anilines is 1. The fourth-order valence-electron chi connectivity index (χ4n) is 4.07. The van der Waals surface area contributed by atoms with Gasteiger partial charge in [0.2, 0.25) is 0 Å². The van der Waals surface area contributed by atoms with Crippen LogP contribution in [0.1, 0.15) is 31.8 Å². The molecule has 4 aromatic rings. The second kappa shape index (κ2) is 8.16. The lowest BCUT2D eigenvalue weighted by Crippen LogP contribution is -2.30. The van der Waals surface area contributed by atoms with Crippen LogP contribution in [0.2, 0.25) is 0 Å². The minimum atomic E-state index is -0.330. The van der Waals surface area contributed by atoms with E-state index in [9.17, 15) is 9.59 Å². The number of imide groups is 1. The summed E-state index contributed by atoms with van der Waals surface area (Å²) < 4.78 is 5.86. The van der Waals surface area contributed by atoms with Crippen LogP contribution in [0.4, 0.5) is 5.69 Å². The molecule has 1 aliphatic heterocycles. The summed E-state index contributed by atoms with van der Waals surface area (Å²) in [4.78, 5) is 27.7. The van der Waals surface area contributed by atoms with Gasteiger partial charge in [-0.3, -0.25) is 9.59 Å². The molecule has 2 amide bonds. The average molecular weight is 419 g/mol. The van der Waals surface area contributed by atoms with E-state index < -0.39 is 0 Å². The molecule has 0 aromatic heterocycles. The molecular formula is C28H21NO3. The van der Waals surface area contributed by atoms with Crippen LogP contribution >= 0.6 is 0 Å². The van der Waals surface area contributed by atoms with E-state index >= 15 is 0 Å². The zero-order chi connectivity index (χ0) is 22.1. The maximum Gasteiger partial charge on any atom is 0.266 e. The van der Waals surface area contributed by atoms with E-state index in [0.29, 0.717) is 29.2 Å². The van der Waals surface area contributed by atoms with Crippen LogP contribution in [0.15, 0.2) is 97.1 Å². The maximum absolute atomic E-state index is 13.3. The van der Waals surface area contributed by atoms with E-state index in [4.69, 9.17) is 4.74 Å². The van der Waals surface area contributed by atoms with Gasteiger partial charge in [-0.2, -0.15) is 0 Å². The molecule has 5 rings (SSSR count). The molecule has 0 bridgehead atoms. The quantitative estimate of drug-likeness (QED) is 0.371. The van der Waals surface area contributed by atoms with Crippen molar-refractivity contribution in [3.8, 4) is 16.9 Å². The minimum Gasteiger partial charge on any atom is -0.489 e. The average Bonchev–Trinajstić information content (AvgIpc) is 3.08. The zero-order valence-electron chi connectivity index (χ0n) is 17.6. The highest BCUT2D eigenvalue weighted by atomic mass is 16.5. The van der Waals surface area contributed by atoms with Crippen molar-refractivity contribution >= 4 is 17.5 Å². The third-order valence-corrected chi connectivity index (χ3v) is 5.74. The van der Waals surface area contributed by atoms with Crippen molar-refractivity contribution in [2.75, 3.05) is 4.90 Å². The highest BCUT2D eigenvalue weighted by molar-refractivity contribution is 6.34. The molecule has 0 atom stereocenters.